The van der Waals surface area contributed by atoms with Crippen LogP contribution in [-0.2, 0) is 0 Å². The molecule has 190 valence electrons. The number of aliphatic hydroxyl groups is 3. The second kappa shape index (κ2) is 7.00. The first-order valence-electron chi connectivity index (χ1n) is 14.1. The Labute approximate surface area is 203 Å². The van der Waals surface area contributed by atoms with Gasteiger partial charge in [0.25, 0.3) is 0 Å². The Bertz CT molecular complexity index is 799. The molecule has 0 saturated heterocycles. The molecule has 5 rings (SSSR count). The molecule has 0 bridgehead atoms. The zero-order valence-electron chi connectivity index (χ0n) is 22.7. The minimum atomic E-state index is -0.582. The van der Waals surface area contributed by atoms with Crippen LogP contribution in [0, 0.1) is 56.7 Å². The van der Waals surface area contributed by atoms with Crippen LogP contribution in [0.1, 0.15) is 113 Å². The van der Waals surface area contributed by atoms with E-state index in [2.05, 4.69) is 41.5 Å². The maximum absolute atomic E-state index is 11.5. The van der Waals surface area contributed by atoms with Crippen LogP contribution in [0.25, 0.3) is 0 Å². The van der Waals surface area contributed by atoms with Gasteiger partial charge in [0, 0.05) is 11.8 Å². The quantitative estimate of drug-likeness (QED) is 0.437. The molecule has 0 amide bonds. The molecule has 0 spiro atoms. The highest BCUT2D eigenvalue weighted by molar-refractivity contribution is 5.21. The van der Waals surface area contributed by atoms with E-state index < -0.39 is 17.8 Å². The topological polar surface area (TPSA) is 60.7 Å². The summed E-state index contributed by atoms with van der Waals surface area (Å²) >= 11 is 0. The first-order chi connectivity index (χ1) is 15.0. The Morgan fingerprint density at radius 1 is 0.667 bits per heavy atom. The van der Waals surface area contributed by atoms with Crippen molar-refractivity contribution in [3.63, 3.8) is 0 Å². The van der Waals surface area contributed by atoms with Gasteiger partial charge in [-0.05, 0) is 116 Å². The van der Waals surface area contributed by atoms with Gasteiger partial charge in [0.15, 0.2) is 0 Å². The van der Waals surface area contributed by atoms with Gasteiger partial charge in [-0.3, -0.25) is 0 Å². The molecule has 3 nitrogen and oxygen atoms in total. The van der Waals surface area contributed by atoms with Crippen molar-refractivity contribution >= 4 is 0 Å². The van der Waals surface area contributed by atoms with Crippen molar-refractivity contribution in [2.75, 3.05) is 0 Å². The number of rotatable bonds is 1. The van der Waals surface area contributed by atoms with E-state index in [1.807, 2.05) is 13.8 Å². The van der Waals surface area contributed by atoms with E-state index in [1.54, 1.807) is 0 Å². The predicted octanol–water partition coefficient (Wildman–Crippen LogP) is 6.19. The van der Waals surface area contributed by atoms with Gasteiger partial charge in [-0.2, -0.15) is 0 Å². The van der Waals surface area contributed by atoms with E-state index in [0.29, 0.717) is 41.4 Å². The molecule has 0 radical (unpaired) electrons. The van der Waals surface area contributed by atoms with Gasteiger partial charge in [0.05, 0.1) is 17.8 Å². The van der Waals surface area contributed by atoms with Gasteiger partial charge < -0.3 is 15.3 Å². The van der Waals surface area contributed by atoms with E-state index in [1.165, 1.54) is 44.9 Å². The summed E-state index contributed by atoms with van der Waals surface area (Å²) in [6, 6.07) is 0. The smallest absolute Gasteiger partial charge is 0.0624 e. The largest absolute Gasteiger partial charge is 0.392 e. The van der Waals surface area contributed by atoms with Gasteiger partial charge >= 0.3 is 0 Å². The fourth-order valence-electron chi connectivity index (χ4n) is 12.0. The first kappa shape index (κ1) is 24.6. The molecule has 0 aromatic rings. The molecule has 0 aromatic carbocycles. The van der Waals surface area contributed by atoms with Crippen molar-refractivity contribution in [1.82, 2.24) is 0 Å². The van der Waals surface area contributed by atoms with Crippen molar-refractivity contribution in [3.05, 3.63) is 0 Å². The van der Waals surface area contributed by atoms with Gasteiger partial charge in [0.1, 0.15) is 0 Å². The number of fused-ring (bicyclic) bond motifs is 7. The van der Waals surface area contributed by atoms with Crippen LogP contribution >= 0.6 is 0 Å². The lowest BCUT2D eigenvalue weighted by Crippen LogP contribution is -2.69. The first-order valence-corrected chi connectivity index (χ1v) is 14.1. The lowest BCUT2D eigenvalue weighted by atomic mass is 9.31. The fourth-order valence-corrected chi connectivity index (χ4v) is 12.0. The standard InChI is InChI=1S/C30H52O3/c1-25(2)20-13-16-29(7)22(30(20,8)24(32)17-23(25)31)10-9-21-27(5)14-11-18(26(3,4)33)19(27)12-15-28(21,29)6/h18-24,31-33H,9-17H2,1-8H3/t18-,19-,20-,21+,22-,23-,24+,27-,28+,29+,30-/m0/s1. The summed E-state index contributed by atoms with van der Waals surface area (Å²) in [6.07, 6.45) is 9.47. The third-order valence-electron chi connectivity index (χ3n) is 14.0. The van der Waals surface area contributed by atoms with Gasteiger partial charge in [-0.15, -0.1) is 0 Å². The molecule has 0 aromatic heterocycles. The van der Waals surface area contributed by atoms with Gasteiger partial charge in [-0.1, -0.05) is 41.5 Å². The molecule has 3 heteroatoms. The molecule has 5 saturated carbocycles. The van der Waals surface area contributed by atoms with Crippen molar-refractivity contribution in [2.45, 2.75) is 131 Å². The molecule has 0 aliphatic heterocycles. The van der Waals surface area contributed by atoms with Crippen LogP contribution in [0.5, 0.6) is 0 Å². The van der Waals surface area contributed by atoms with E-state index in [9.17, 15) is 15.3 Å². The van der Waals surface area contributed by atoms with Gasteiger partial charge in [-0.25, -0.2) is 0 Å². The van der Waals surface area contributed by atoms with Crippen LogP contribution in [0.15, 0.2) is 0 Å². The third-order valence-corrected chi connectivity index (χ3v) is 14.0. The monoisotopic (exact) mass is 460 g/mol. The average Bonchev–Trinajstić information content (AvgIpc) is 3.05. The third kappa shape index (κ3) is 2.85. The molecular weight excluding hydrogens is 408 g/mol. The zero-order chi connectivity index (χ0) is 24.4. The lowest BCUT2D eigenvalue weighted by Gasteiger charge is -2.74. The zero-order valence-corrected chi connectivity index (χ0v) is 22.7. The molecule has 33 heavy (non-hydrogen) atoms. The van der Waals surface area contributed by atoms with Crippen LogP contribution in [0.3, 0.4) is 0 Å². The molecule has 11 atom stereocenters. The Morgan fingerprint density at radius 2 is 1.24 bits per heavy atom. The highest BCUT2D eigenvalue weighted by Crippen LogP contribution is 2.78. The molecule has 5 aliphatic carbocycles. The molecular formula is C30H52O3. The number of hydrogen-bond acceptors (Lipinski definition) is 3. The fraction of sp³-hybridized carbons (Fsp3) is 1.00. The van der Waals surface area contributed by atoms with E-state index in [0.717, 1.165) is 6.42 Å². The van der Waals surface area contributed by atoms with Crippen LogP contribution in [0.4, 0.5) is 0 Å². The van der Waals surface area contributed by atoms with Crippen molar-refractivity contribution < 1.29 is 15.3 Å². The van der Waals surface area contributed by atoms with E-state index in [-0.39, 0.29) is 21.7 Å². The number of aliphatic hydroxyl groups excluding tert-OH is 2. The second-order valence-electron chi connectivity index (χ2n) is 15.5. The Hall–Kier alpha value is -0.120. The van der Waals surface area contributed by atoms with E-state index in [4.69, 9.17) is 0 Å². The maximum Gasteiger partial charge on any atom is 0.0624 e. The summed E-state index contributed by atoms with van der Waals surface area (Å²) in [5.41, 5.74) is -0.00872. The van der Waals surface area contributed by atoms with Crippen LogP contribution in [-0.4, -0.2) is 33.1 Å². The molecule has 5 fully saturated rings. The Morgan fingerprint density at radius 3 is 1.88 bits per heavy atom. The summed E-state index contributed by atoms with van der Waals surface area (Å²) in [4.78, 5) is 0. The summed E-state index contributed by atoms with van der Waals surface area (Å²) in [5, 5.41) is 33.4. The minimum Gasteiger partial charge on any atom is -0.392 e. The minimum absolute atomic E-state index is 0.118. The van der Waals surface area contributed by atoms with Gasteiger partial charge in [0.2, 0.25) is 0 Å². The SMILES string of the molecule is CC(C)(O)[C@H]1CC[C@]2(C)[C@H]3CC[C@@H]4[C@@]5(C)[C@H](O)C[C@H](O)C(C)(C)[C@@H]5CC[C@@]4(C)[C@]3(C)CC[C@@H]12. The summed E-state index contributed by atoms with van der Waals surface area (Å²) in [6.45, 7) is 18.8. The van der Waals surface area contributed by atoms with Crippen LogP contribution in [0.2, 0.25) is 0 Å². The normalized spacial score (nSPS) is 58.1. The predicted molar refractivity (Wildman–Crippen MR) is 134 cm³/mol. The highest BCUT2D eigenvalue weighted by Gasteiger charge is 2.72. The Kier molecular flexibility index (Phi) is 5.21. The molecule has 3 N–H and O–H groups in total. The summed E-state index contributed by atoms with van der Waals surface area (Å²) < 4.78 is 0. The Balaban J connectivity index is 1.54. The molecule has 5 aliphatic rings. The second-order valence-corrected chi connectivity index (χ2v) is 15.5. The van der Waals surface area contributed by atoms with Crippen LogP contribution < -0.4 is 0 Å². The van der Waals surface area contributed by atoms with Crippen molar-refractivity contribution in [3.8, 4) is 0 Å². The van der Waals surface area contributed by atoms with E-state index >= 15 is 0 Å². The van der Waals surface area contributed by atoms with Crippen molar-refractivity contribution in [1.29, 1.82) is 0 Å². The number of hydrogen-bond donors (Lipinski definition) is 3. The molecule has 0 heterocycles. The highest BCUT2D eigenvalue weighted by atomic mass is 16.3. The summed E-state index contributed by atoms with van der Waals surface area (Å²) in [5.74, 6) is 2.65. The average molecular weight is 461 g/mol. The van der Waals surface area contributed by atoms with Crippen molar-refractivity contribution in [2.24, 2.45) is 56.7 Å². The summed E-state index contributed by atoms with van der Waals surface area (Å²) in [7, 11) is 0. The molecule has 0 unspecified atom stereocenters. The lowest BCUT2D eigenvalue weighted by molar-refractivity contribution is -0.277. The maximum atomic E-state index is 11.5.